The summed E-state index contributed by atoms with van der Waals surface area (Å²) in [5, 5.41) is 7.55. The lowest BCUT2D eigenvalue weighted by Gasteiger charge is -2.26. The van der Waals surface area contributed by atoms with E-state index in [1.165, 1.54) is 86.3 Å². The van der Waals surface area contributed by atoms with Gasteiger partial charge in [0.15, 0.2) is 0 Å². The highest BCUT2D eigenvalue weighted by atomic mass is 32.1. The Morgan fingerprint density at radius 1 is 0.500 bits per heavy atom. The van der Waals surface area contributed by atoms with Crippen molar-refractivity contribution in [3.05, 3.63) is 248 Å². The zero-order valence-electron chi connectivity index (χ0n) is 36.2. The second-order valence-electron chi connectivity index (χ2n) is 15.8. The van der Waals surface area contributed by atoms with Crippen LogP contribution in [0.15, 0.2) is 237 Å². The molecule has 9 aromatic carbocycles. The number of thiophene rings is 1. The largest absolute Gasteiger partial charge is 0.310 e. The number of benzene rings is 9. The number of aromatic nitrogens is 1. The Labute approximate surface area is 379 Å². The van der Waals surface area contributed by atoms with Gasteiger partial charge in [0.1, 0.15) is 0 Å². The molecule has 11 rings (SSSR count). The van der Waals surface area contributed by atoms with Gasteiger partial charge in [0.25, 0.3) is 0 Å². The molecule has 0 saturated carbocycles. The molecule has 2 heterocycles. The second-order valence-corrected chi connectivity index (χ2v) is 16.9. The van der Waals surface area contributed by atoms with Crippen LogP contribution in [0, 0.1) is 0 Å². The van der Waals surface area contributed by atoms with Gasteiger partial charge in [-0.15, -0.1) is 11.3 Å². The zero-order valence-corrected chi connectivity index (χ0v) is 37.0. The fourth-order valence-electron chi connectivity index (χ4n) is 9.10. The van der Waals surface area contributed by atoms with Gasteiger partial charge in [-0.25, -0.2) is 0 Å². The van der Waals surface area contributed by atoms with Crippen LogP contribution in [0.3, 0.4) is 0 Å². The number of rotatable bonds is 10. The fourth-order valence-corrected chi connectivity index (χ4v) is 10.2. The Balaban J connectivity index is 0.00000239. The summed E-state index contributed by atoms with van der Waals surface area (Å²) in [6.45, 7) is 7.97. The van der Waals surface area contributed by atoms with Gasteiger partial charge in [-0.3, -0.25) is 0 Å². The zero-order chi connectivity index (χ0) is 43.4. The Kier molecular flexibility index (Phi) is 11.3. The summed E-state index contributed by atoms with van der Waals surface area (Å²) in [4.78, 5) is 2.40. The van der Waals surface area contributed by atoms with E-state index in [4.69, 9.17) is 0 Å². The third kappa shape index (κ3) is 7.61. The average Bonchev–Trinajstić information content (AvgIpc) is 3.90. The van der Waals surface area contributed by atoms with Gasteiger partial charge in [-0.05, 0) is 100 Å². The summed E-state index contributed by atoms with van der Waals surface area (Å²) >= 11 is 1.85. The van der Waals surface area contributed by atoms with Crippen LogP contribution in [0.25, 0.3) is 75.1 Å². The number of anilines is 3. The van der Waals surface area contributed by atoms with Crippen molar-refractivity contribution in [3.8, 4) is 16.8 Å². The smallest absolute Gasteiger partial charge is 0.0547 e. The van der Waals surface area contributed by atoms with E-state index in [1.807, 2.05) is 37.3 Å². The van der Waals surface area contributed by atoms with Gasteiger partial charge in [0.2, 0.25) is 0 Å². The molecule has 64 heavy (non-hydrogen) atoms. The van der Waals surface area contributed by atoms with Crippen molar-refractivity contribution >= 4 is 86.7 Å². The van der Waals surface area contributed by atoms with Gasteiger partial charge < -0.3 is 9.47 Å². The van der Waals surface area contributed by atoms with Crippen LogP contribution in [0.2, 0.25) is 0 Å². The summed E-state index contributed by atoms with van der Waals surface area (Å²) in [6, 6.07) is 75.3. The predicted octanol–water partition coefficient (Wildman–Crippen LogP) is 17.8. The standard InChI is InChI=1S/C59H42N2S.C2H6/c1-2-3-5-20-45(46-31-35-52-51-24-10-12-26-56(51)61(57(52)39-46)55-27-15-21-44-19-8-9-23-50(44)55)37-41-16-14-22-48(38-41)60(47-32-29-43(30-33-47)42-17-6-4-7-18-42)49-34-36-54-53-25-11-13-28-58(53)62-59(54)40-49;1-2/h2-36,38-40H,1,37H2;1-2H3/b5-3-,45-20+;. The van der Waals surface area contributed by atoms with Crippen molar-refractivity contribution in [2.45, 2.75) is 20.3 Å². The predicted molar refractivity (Wildman–Crippen MR) is 280 cm³/mol. The van der Waals surface area contributed by atoms with Crippen LogP contribution >= 0.6 is 11.3 Å². The topological polar surface area (TPSA) is 8.17 Å². The number of hydrogen-bond acceptors (Lipinski definition) is 2. The van der Waals surface area contributed by atoms with Crippen LogP contribution in [0.4, 0.5) is 17.1 Å². The van der Waals surface area contributed by atoms with E-state index in [-0.39, 0.29) is 0 Å². The van der Waals surface area contributed by atoms with Crippen LogP contribution in [0.5, 0.6) is 0 Å². The van der Waals surface area contributed by atoms with E-state index >= 15 is 0 Å². The van der Waals surface area contributed by atoms with Crippen molar-refractivity contribution in [2.75, 3.05) is 4.90 Å². The molecule has 0 radical (unpaired) electrons. The van der Waals surface area contributed by atoms with Gasteiger partial charge in [0, 0.05) is 53.4 Å². The van der Waals surface area contributed by atoms with Crippen molar-refractivity contribution < 1.29 is 0 Å². The molecule has 0 saturated heterocycles. The Hall–Kier alpha value is -7.72. The van der Waals surface area contributed by atoms with E-state index in [1.54, 1.807) is 0 Å². The molecule has 0 bridgehead atoms. The Morgan fingerprint density at radius 3 is 1.98 bits per heavy atom. The van der Waals surface area contributed by atoms with Gasteiger partial charge in [-0.2, -0.15) is 0 Å². The summed E-state index contributed by atoms with van der Waals surface area (Å²) < 4.78 is 5.03. The van der Waals surface area contributed by atoms with Crippen LogP contribution in [-0.4, -0.2) is 4.57 Å². The minimum Gasteiger partial charge on any atom is -0.310 e. The highest BCUT2D eigenvalue weighted by Crippen LogP contribution is 2.42. The van der Waals surface area contributed by atoms with Crippen LogP contribution in [-0.2, 0) is 6.42 Å². The molecule has 0 aliphatic rings. The monoisotopic (exact) mass is 840 g/mol. The lowest BCUT2D eigenvalue weighted by atomic mass is 9.96. The number of hydrogen-bond donors (Lipinski definition) is 0. The first kappa shape index (κ1) is 40.4. The van der Waals surface area contributed by atoms with Crippen molar-refractivity contribution in [1.82, 2.24) is 4.57 Å². The highest BCUT2D eigenvalue weighted by molar-refractivity contribution is 7.25. The van der Waals surface area contributed by atoms with Crippen molar-refractivity contribution in [3.63, 3.8) is 0 Å². The number of nitrogens with zero attached hydrogens (tertiary/aromatic N) is 2. The Bertz CT molecular complexity index is 3510. The molecule has 11 aromatic rings. The van der Waals surface area contributed by atoms with E-state index in [9.17, 15) is 0 Å². The summed E-state index contributed by atoms with van der Waals surface area (Å²) in [7, 11) is 0. The highest BCUT2D eigenvalue weighted by Gasteiger charge is 2.18. The molecule has 0 aliphatic heterocycles. The molecule has 308 valence electrons. The maximum absolute atomic E-state index is 3.97. The first-order chi connectivity index (χ1) is 31.7. The molecule has 3 heteroatoms. The number of para-hydroxylation sites is 1. The molecule has 2 aromatic heterocycles. The first-order valence-electron chi connectivity index (χ1n) is 22.2. The van der Waals surface area contributed by atoms with Gasteiger partial charge in [0.05, 0.1) is 16.7 Å². The van der Waals surface area contributed by atoms with Gasteiger partial charge >= 0.3 is 0 Å². The molecular formula is C61H48N2S. The maximum atomic E-state index is 3.97. The van der Waals surface area contributed by atoms with Gasteiger partial charge in [-0.1, -0.05) is 190 Å². The minimum atomic E-state index is 0.742. The quantitative estimate of drug-likeness (QED) is 0.125. The summed E-state index contributed by atoms with van der Waals surface area (Å²) in [5.74, 6) is 0. The molecular weight excluding hydrogens is 793 g/mol. The molecule has 0 atom stereocenters. The molecule has 0 amide bonds. The van der Waals surface area contributed by atoms with Crippen LogP contribution in [0.1, 0.15) is 25.0 Å². The second kappa shape index (κ2) is 17.9. The maximum Gasteiger partial charge on any atom is 0.0547 e. The minimum absolute atomic E-state index is 0.742. The third-order valence-electron chi connectivity index (χ3n) is 12.0. The van der Waals surface area contributed by atoms with E-state index in [0.29, 0.717) is 0 Å². The molecule has 0 fully saturated rings. The lowest BCUT2D eigenvalue weighted by molar-refractivity contribution is 1.19. The fraction of sp³-hybridized carbons (Fsp3) is 0.0492. The summed E-state index contributed by atoms with van der Waals surface area (Å²) in [5.41, 5.74) is 13.0. The van der Waals surface area contributed by atoms with Crippen molar-refractivity contribution in [1.29, 1.82) is 0 Å². The van der Waals surface area contributed by atoms with E-state index in [0.717, 1.165) is 23.5 Å². The molecule has 0 N–H and O–H groups in total. The van der Waals surface area contributed by atoms with Crippen LogP contribution < -0.4 is 4.90 Å². The van der Waals surface area contributed by atoms with Crippen molar-refractivity contribution in [2.24, 2.45) is 0 Å². The third-order valence-corrected chi connectivity index (χ3v) is 13.1. The SMILES string of the molecule is C=C/C=C\C=C(/Cc1cccc(N(c2ccc(-c3ccccc3)cc2)c2ccc3c(c2)sc2ccccc23)c1)c1ccc2c3ccccc3n(-c3cccc4ccccc34)c2c1.CC. The first-order valence-corrected chi connectivity index (χ1v) is 23.0. The lowest BCUT2D eigenvalue weighted by Crippen LogP contribution is -2.10. The molecule has 2 nitrogen and oxygen atoms in total. The molecule has 0 aliphatic carbocycles. The van der Waals surface area contributed by atoms with E-state index in [2.05, 4.69) is 234 Å². The number of fused-ring (bicyclic) bond motifs is 7. The number of allylic oxidation sites excluding steroid dienone is 5. The summed E-state index contributed by atoms with van der Waals surface area (Å²) in [6.07, 6.45) is 8.94. The normalized spacial score (nSPS) is 11.8. The average molecular weight is 841 g/mol. The Morgan fingerprint density at radius 2 is 1.14 bits per heavy atom. The molecule has 0 unspecified atom stereocenters. The van der Waals surface area contributed by atoms with E-state index < -0.39 is 0 Å². The molecule has 0 spiro atoms.